The van der Waals surface area contributed by atoms with Crippen LogP contribution in [-0.4, -0.2) is 30.9 Å². The summed E-state index contributed by atoms with van der Waals surface area (Å²) in [4.78, 5) is 34.4. The van der Waals surface area contributed by atoms with Gasteiger partial charge >= 0.3 is 0 Å². The molecule has 7 heteroatoms. The Morgan fingerprint density at radius 1 is 1.50 bits per heavy atom. The van der Waals surface area contributed by atoms with Gasteiger partial charge in [-0.2, -0.15) is 0 Å². The first-order valence-electron chi connectivity index (χ1n) is 5.36. The van der Waals surface area contributed by atoms with E-state index in [1.165, 1.54) is 18.4 Å². The molecule has 18 heavy (non-hydrogen) atoms. The van der Waals surface area contributed by atoms with Gasteiger partial charge < -0.3 is 10.1 Å². The molecule has 1 aliphatic rings. The zero-order chi connectivity index (χ0) is 13.1. The summed E-state index contributed by atoms with van der Waals surface area (Å²) in [6.45, 7) is 0. The zero-order valence-electron chi connectivity index (χ0n) is 9.69. The normalized spacial score (nSPS) is 19.3. The van der Waals surface area contributed by atoms with Crippen LogP contribution in [0.5, 0.6) is 5.75 Å². The largest absolute Gasteiger partial charge is 0.495 e. The fourth-order valence-corrected chi connectivity index (χ4v) is 2.45. The lowest BCUT2D eigenvalue weighted by Gasteiger charge is -2.21. The van der Waals surface area contributed by atoms with E-state index in [9.17, 15) is 14.4 Å². The first-order chi connectivity index (χ1) is 8.61. The molecule has 96 valence electrons. The number of carbonyl (C=O) groups is 3. The standard InChI is InChI=1S/C11H12N2O4S/c1-17-8-5-18-4-6(8)10(15)12-7-2-3-9(14)13-11(7)16/h4-5,7H,2-3H2,1H3,(H,12,15)(H,13,14,16)/t7-/m1/s1. The Kier molecular flexibility index (Phi) is 3.61. The van der Waals surface area contributed by atoms with Crippen LogP contribution in [0.4, 0.5) is 0 Å². The molecule has 2 heterocycles. The van der Waals surface area contributed by atoms with Gasteiger partial charge in [-0.25, -0.2) is 0 Å². The number of thiophene rings is 1. The molecule has 0 radical (unpaired) electrons. The Morgan fingerprint density at radius 2 is 2.28 bits per heavy atom. The number of ether oxygens (including phenoxy) is 1. The SMILES string of the molecule is COc1cscc1C(=O)N[C@@H]1CCC(=O)NC1=O. The molecule has 1 saturated heterocycles. The fraction of sp³-hybridized carbons (Fsp3) is 0.364. The van der Waals surface area contributed by atoms with Gasteiger partial charge in [-0.3, -0.25) is 19.7 Å². The lowest BCUT2D eigenvalue weighted by atomic mass is 10.1. The van der Waals surface area contributed by atoms with Crippen LogP contribution in [0.2, 0.25) is 0 Å². The monoisotopic (exact) mass is 268 g/mol. The van der Waals surface area contributed by atoms with Crippen LogP contribution in [0, 0.1) is 0 Å². The molecule has 0 saturated carbocycles. The van der Waals surface area contributed by atoms with Gasteiger partial charge in [-0.15, -0.1) is 11.3 Å². The van der Waals surface area contributed by atoms with Crippen molar-refractivity contribution in [1.82, 2.24) is 10.6 Å². The molecule has 0 aromatic carbocycles. The van der Waals surface area contributed by atoms with E-state index in [1.807, 2.05) is 0 Å². The molecule has 3 amide bonds. The summed E-state index contributed by atoms with van der Waals surface area (Å²) in [5.41, 5.74) is 0.396. The highest BCUT2D eigenvalue weighted by Crippen LogP contribution is 2.23. The Balaban J connectivity index is 2.03. The van der Waals surface area contributed by atoms with Crippen molar-refractivity contribution in [2.45, 2.75) is 18.9 Å². The van der Waals surface area contributed by atoms with E-state index < -0.39 is 11.9 Å². The summed E-state index contributed by atoms with van der Waals surface area (Å²) in [7, 11) is 1.48. The maximum Gasteiger partial charge on any atom is 0.256 e. The number of hydrogen-bond acceptors (Lipinski definition) is 5. The van der Waals surface area contributed by atoms with E-state index in [1.54, 1.807) is 10.8 Å². The lowest BCUT2D eigenvalue weighted by Crippen LogP contribution is -2.52. The molecule has 1 aromatic heterocycles. The second-order valence-electron chi connectivity index (χ2n) is 3.83. The van der Waals surface area contributed by atoms with Gasteiger partial charge in [-0.05, 0) is 6.42 Å². The number of piperidine rings is 1. The molecule has 1 aliphatic heterocycles. The Labute approximate surface area is 107 Å². The van der Waals surface area contributed by atoms with Gasteiger partial charge in [0, 0.05) is 17.2 Å². The summed E-state index contributed by atoms with van der Waals surface area (Å²) in [6.07, 6.45) is 0.556. The van der Waals surface area contributed by atoms with Gasteiger partial charge in [0.15, 0.2) is 0 Å². The number of imide groups is 1. The molecular weight excluding hydrogens is 256 g/mol. The highest BCUT2D eigenvalue weighted by Gasteiger charge is 2.28. The van der Waals surface area contributed by atoms with Crippen molar-refractivity contribution in [3.63, 3.8) is 0 Å². The van der Waals surface area contributed by atoms with Crippen molar-refractivity contribution < 1.29 is 19.1 Å². The molecule has 6 nitrogen and oxygen atoms in total. The van der Waals surface area contributed by atoms with Crippen LogP contribution in [0.1, 0.15) is 23.2 Å². The minimum atomic E-state index is -0.667. The van der Waals surface area contributed by atoms with Crippen LogP contribution in [0.3, 0.4) is 0 Å². The van der Waals surface area contributed by atoms with Crippen molar-refractivity contribution >= 4 is 29.1 Å². The maximum absolute atomic E-state index is 11.9. The van der Waals surface area contributed by atoms with E-state index in [-0.39, 0.29) is 18.2 Å². The average molecular weight is 268 g/mol. The highest BCUT2D eigenvalue weighted by atomic mass is 32.1. The quantitative estimate of drug-likeness (QED) is 0.772. The van der Waals surface area contributed by atoms with Crippen molar-refractivity contribution in [1.29, 1.82) is 0 Å². The van der Waals surface area contributed by atoms with Gasteiger partial charge in [-0.1, -0.05) is 0 Å². The van der Waals surface area contributed by atoms with Crippen molar-refractivity contribution in [3.8, 4) is 5.75 Å². The minimum absolute atomic E-state index is 0.234. The predicted octanol–water partition coefficient (Wildman–Crippen LogP) is 0.292. The van der Waals surface area contributed by atoms with E-state index in [4.69, 9.17) is 4.74 Å². The van der Waals surface area contributed by atoms with Crippen molar-refractivity contribution in [2.24, 2.45) is 0 Å². The second kappa shape index (κ2) is 5.18. The third-order valence-electron chi connectivity index (χ3n) is 2.64. The van der Waals surface area contributed by atoms with E-state index in [0.717, 1.165) is 0 Å². The van der Waals surface area contributed by atoms with Gasteiger partial charge in [0.25, 0.3) is 5.91 Å². The summed E-state index contributed by atoms with van der Waals surface area (Å²) < 4.78 is 5.03. The highest BCUT2D eigenvalue weighted by molar-refractivity contribution is 7.08. The number of rotatable bonds is 3. The van der Waals surface area contributed by atoms with Crippen LogP contribution >= 0.6 is 11.3 Å². The minimum Gasteiger partial charge on any atom is -0.495 e. The van der Waals surface area contributed by atoms with Crippen LogP contribution in [-0.2, 0) is 9.59 Å². The predicted molar refractivity (Wildman–Crippen MR) is 64.5 cm³/mol. The summed E-state index contributed by atoms with van der Waals surface area (Å²) in [6, 6.07) is -0.667. The number of hydrogen-bond donors (Lipinski definition) is 2. The van der Waals surface area contributed by atoms with E-state index in [0.29, 0.717) is 17.7 Å². The number of carbonyl (C=O) groups excluding carboxylic acids is 3. The maximum atomic E-state index is 11.9. The summed E-state index contributed by atoms with van der Waals surface area (Å²) in [5, 5.41) is 8.14. The van der Waals surface area contributed by atoms with Crippen LogP contribution in [0.15, 0.2) is 10.8 Å². The molecule has 2 rings (SSSR count). The molecule has 1 fully saturated rings. The lowest BCUT2D eigenvalue weighted by molar-refractivity contribution is -0.134. The summed E-state index contributed by atoms with van der Waals surface area (Å²) >= 11 is 1.34. The smallest absolute Gasteiger partial charge is 0.256 e. The molecule has 1 atom stereocenters. The Bertz CT molecular complexity index is 497. The molecule has 1 aromatic rings. The van der Waals surface area contributed by atoms with Crippen LogP contribution < -0.4 is 15.4 Å². The first-order valence-corrected chi connectivity index (χ1v) is 6.31. The average Bonchev–Trinajstić information content (AvgIpc) is 2.81. The fourth-order valence-electron chi connectivity index (χ4n) is 1.68. The first kappa shape index (κ1) is 12.6. The molecule has 0 unspecified atom stereocenters. The number of amides is 3. The topological polar surface area (TPSA) is 84.5 Å². The number of nitrogens with one attached hydrogen (secondary N) is 2. The second-order valence-corrected chi connectivity index (χ2v) is 4.57. The van der Waals surface area contributed by atoms with Crippen molar-refractivity contribution in [3.05, 3.63) is 16.3 Å². The summed E-state index contributed by atoms with van der Waals surface area (Å²) in [5.74, 6) is -0.667. The Morgan fingerprint density at radius 3 is 2.94 bits per heavy atom. The van der Waals surface area contributed by atoms with Gasteiger partial charge in [0.05, 0.1) is 12.7 Å². The molecule has 2 N–H and O–H groups in total. The molecule has 0 aliphatic carbocycles. The third kappa shape index (κ3) is 2.51. The van der Waals surface area contributed by atoms with E-state index >= 15 is 0 Å². The molecule has 0 bridgehead atoms. The molecular formula is C11H12N2O4S. The third-order valence-corrected chi connectivity index (χ3v) is 3.36. The molecule has 0 spiro atoms. The van der Waals surface area contributed by atoms with E-state index in [2.05, 4.69) is 10.6 Å². The van der Waals surface area contributed by atoms with Crippen molar-refractivity contribution in [2.75, 3.05) is 7.11 Å². The Hall–Kier alpha value is -1.89. The van der Waals surface area contributed by atoms with Gasteiger partial charge in [0.1, 0.15) is 11.8 Å². The van der Waals surface area contributed by atoms with Gasteiger partial charge in [0.2, 0.25) is 11.8 Å². The van der Waals surface area contributed by atoms with Crippen LogP contribution in [0.25, 0.3) is 0 Å². The number of methoxy groups -OCH3 is 1. The zero-order valence-corrected chi connectivity index (χ0v) is 10.5.